The van der Waals surface area contributed by atoms with Gasteiger partial charge in [-0.05, 0) is 24.3 Å². The molecule has 0 spiro atoms. The molecule has 1 N–H and O–H groups in total. The Hall–Kier alpha value is -1.09. The summed E-state index contributed by atoms with van der Waals surface area (Å²) in [6.45, 7) is 6.90. The highest BCUT2D eigenvalue weighted by Crippen LogP contribution is 2.36. The Labute approximate surface area is 103 Å². The van der Waals surface area contributed by atoms with Crippen molar-refractivity contribution in [2.75, 3.05) is 18.0 Å². The zero-order chi connectivity index (χ0) is 12.3. The standard InChI is InChI=1S/C14H22N2O/c1-3-14(2)5-8-16(9-6-14)13-4-7-15-10-12(13)11-17/h4,7,10,17H,3,5-6,8-9,11H2,1-2H3. The molecule has 94 valence electrons. The van der Waals surface area contributed by atoms with Gasteiger partial charge < -0.3 is 10.0 Å². The topological polar surface area (TPSA) is 36.4 Å². The molecular formula is C14H22N2O. The van der Waals surface area contributed by atoms with E-state index in [2.05, 4.69) is 23.7 Å². The van der Waals surface area contributed by atoms with Gasteiger partial charge in [0.25, 0.3) is 0 Å². The van der Waals surface area contributed by atoms with E-state index >= 15 is 0 Å². The summed E-state index contributed by atoms with van der Waals surface area (Å²) >= 11 is 0. The lowest BCUT2D eigenvalue weighted by atomic mass is 9.78. The first kappa shape index (κ1) is 12.4. The predicted molar refractivity (Wildman–Crippen MR) is 70.0 cm³/mol. The molecule has 0 saturated carbocycles. The van der Waals surface area contributed by atoms with Crippen LogP contribution < -0.4 is 4.90 Å². The molecule has 0 unspecified atom stereocenters. The van der Waals surface area contributed by atoms with Crippen LogP contribution in [0.5, 0.6) is 0 Å². The Bertz CT molecular complexity index is 370. The van der Waals surface area contributed by atoms with E-state index in [0.29, 0.717) is 5.41 Å². The second-order valence-electron chi connectivity index (χ2n) is 5.31. The summed E-state index contributed by atoms with van der Waals surface area (Å²) in [6, 6.07) is 2.01. The lowest BCUT2D eigenvalue weighted by Gasteiger charge is -2.40. The Morgan fingerprint density at radius 1 is 1.41 bits per heavy atom. The molecular weight excluding hydrogens is 212 g/mol. The van der Waals surface area contributed by atoms with Crippen molar-refractivity contribution in [2.45, 2.75) is 39.7 Å². The van der Waals surface area contributed by atoms with Gasteiger partial charge >= 0.3 is 0 Å². The fourth-order valence-electron chi connectivity index (χ4n) is 2.49. The van der Waals surface area contributed by atoms with Gasteiger partial charge in [0.05, 0.1) is 6.61 Å². The fourth-order valence-corrected chi connectivity index (χ4v) is 2.49. The minimum absolute atomic E-state index is 0.0741. The summed E-state index contributed by atoms with van der Waals surface area (Å²) in [5.41, 5.74) is 2.59. The van der Waals surface area contributed by atoms with E-state index in [9.17, 15) is 5.11 Å². The van der Waals surface area contributed by atoms with Crippen molar-refractivity contribution < 1.29 is 5.11 Å². The summed E-state index contributed by atoms with van der Waals surface area (Å²) in [5.74, 6) is 0. The summed E-state index contributed by atoms with van der Waals surface area (Å²) in [5, 5.41) is 9.33. The molecule has 0 amide bonds. The van der Waals surface area contributed by atoms with Crippen LogP contribution in [0.2, 0.25) is 0 Å². The van der Waals surface area contributed by atoms with Crippen LogP contribution in [0, 0.1) is 5.41 Å². The van der Waals surface area contributed by atoms with Crippen LogP contribution in [0.3, 0.4) is 0 Å². The molecule has 1 saturated heterocycles. The minimum Gasteiger partial charge on any atom is -0.392 e. The van der Waals surface area contributed by atoms with Gasteiger partial charge in [0.1, 0.15) is 0 Å². The van der Waals surface area contributed by atoms with Crippen LogP contribution in [0.4, 0.5) is 5.69 Å². The highest BCUT2D eigenvalue weighted by Gasteiger charge is 2.28. The zero-order valence-electron chi connectivity index (χ0n) is 10.8. The van der Waals surface area contributed by atoms with Crippen molar-refractivity contribution in [3.05, 3.63) is 24.0 Å². The Balaban J connectivity index is 2.10. The third-order valence-corrected chi connectivity index (χ3v) is 4.21. The number of pyridine rings is 1. The second kappa shape index (κ2) is 5.05. The van der Waals surface area contributed by atoms with Crippen molar-refractivity contribution >= 4 is 5.69 Å². The number of piperidine rings is 1. The molecule has 1 aliphatic rings. The Morgan fingerprint density at radius 3 is 2.71 bits per heavy atom. The van der Waals surface area contributed by atoms with Gasteiger partial charge in [0.15, 0.2) is 0 Å². The maximum Gasteiger partial charge on any atom is 0.0717 e. The van der Waals surface area contributed by atoms with Crippen LogP contribution in [0.1, 0.15) is 38.7 Å². The molecule has 3 heteroatoms. The van der Waals surface area contributed by atoms with Gasteiger partial charge in [-0.3, -0.25) is 4.98 Å². The van der Waals surface area contributed by atoms with E-state index in [-0.39, 0.29) is 6.61 Å². The first-order valence-corrected chi connectivity index (χ1v) is 6.47. The molecule has 1 fully saturated rings. The number of hydrogen-bond donors (Lipinski definition) is 1. The van der Waals surface area contributed by atoms with Crippen LogP contribution in [-0.4, -0.2) is 23.2 Å². The number of anilines is 1. The van der Waals surface area contributed by atoms with Crippen molar-refractivity contribution in [1.82, 2.24) is 4.98 Å². The van der Waals surface area contributed by atoms with E-state index < -0.39 is 0 Å². The maximum absolute atomic E-state index is 9.33. The summed E-state index contributed by atoms with van der Waals surface area (Å²) in [4.78, 5) is 6.45. The fraction of sp³-hybridized carbons (Fsp3) is 0.643. The molecule has 0 atom stereocenters. The average Bonchev–Trinajstić information content (AvgIpc) is 2.40. The normalized spacial score (nSPS) is 19.4. The monoisotopic (exact) mass is 234 g/mol. The van der Waals surface area contributed by atoms with Gasteiger partial charge in [0.2, 0.25) is 0 Å². The molecule has 2 heterocycles. The summed E-state index contributed by atoms with van der Waals surface area (Å²) < 4.78 is 0. The molecule has 1 aromatic heterocycles. The zero-order valence-corrected chi connectivity index (χ0v) is 10.8. The first-order chi connectivity index (χ1) is 8.18. The number of aliphatic hydroxyl groups is 1. The predicted octanol–water partition coefficient (Wildman–Crippen LogP) is 2.59. The number of aliphatic hydroxyl groups excluding tert-OH is 1. The molecule has 1 aromatic rings. The van der Waals surface area contributed by atoms with E-state index in [0.717, 1.165) is 24.3 Å². The van der Waals surface area contributed by atoms with E-state index in [1.807, 2.05) is 12.3 Å². The summed E-state index contributed by atoms with van der Waals surface area (Å²) in [7, 11) is 0. The number of nitrogens with zero attached hydrogens (tertiary/aromatic N) is 2. The van der Waals surface area contributed by atoms with Crippen LogP contribution in [0.25, 0.3) is 0 Å². The second-order valence-corrected chi connectivity index (χ2v) is 5.31. The van der Waals surface area contributed by atoms with Gasteiger partial charge in [-0.1, -0.05) is 20.3 Å². The molecule has 0 bridgehead atoms. The highest BCUT2D eigenvalue weighted by atomic mass is 16.3. The van der Waals surface area contributed by atoms with E-state index in [1.165, 1.54) is 19.3 Å². The van der Waals surface area contributed by atoms with Crippen molar-refractivity contribution in [3.8, 4) is 0 Å². The molecule has 0 aromatic carbocycles. The van der Waals surface area contributed by atoms with E-state index in [1.54, 1.807) is 6.20 Å². The van der Waals surface area contributed by atoms with Gasteiger partial charge in [-0.2, -0.15) is 0 Å². The third-order valence-electron chi connectivity index (χ3n) is 4.21. The SMILES string of the molecule is CCC1(C)CCN(c2ccncc2CO)CC1. The lowest BCUT2D eigenvalue weighted by Crippen LogP contribution is -2.38. The Kier molecular flexibility index (Phi) is 3.67. The molecule has 2 rings (SSSR count). The number of aromatic nitrogens is 1. The minimum atomic E-state index is 0.0741. The molecule has 0 radical (unpaired) electrons. The average molecular weight is 234 g/mol. The van der Waals surface area contributed by atoms with Gasteiger partial charge in [-0.25, -0.2) is 0 Å². The van der Waals surface area contributed by atoms with Crippen molar-refractivity contribution in [1.29, 1.82) is 0 Å². The highest BCUT2D eigenvalue weighted by molar-refractivity contribution is 5.52. The third kappa shape index (κ3) is 2.60. The smallest absolute Gasteiger partial charge is 0.0717 e. The largest absolute Gasteiger partial charge is 0.392 e. The lowest BCUT2D eigenvalue weighted by molar-refractivity contribution is 0.237. The van der Waals surface area contributed by atoms with Crippen LogP contribution >= 0.6 is 0 Å². The molecule has 3 nitrogen and oxygen atoms in total. The Morgan fingerprint density at radius 2 is 2.12 bits per heavy atom. The van der Waals surface area contributed by atoms with E-state index in [4.69, 9.17) is 0 Å². The molecule has 0 aliphatic carbocycles. The molecule has 1 aliphatic heterocycles. The summed E-state index contributed by atoms with van der Waals surface area (Å²) in [6.07, 6.45) is 7.29. The number of rotatable bonds is 3. The quantitative estimate of drug-likeness (QED) is 0.873. The van der Waals surface area contributed by atoms with Crippen molar-refractivity contribution in [2.24, 2.45) is 5.41 Å². The van der Waals surface area contributed by atoms with Crippen molar-refractivity contribution in [3.63, 3.8) is 0 Å². The van der Waals surface area contributed by atoms with Crippen LogP contribution in [0.15, 0.2) is 18.5 Å². The maximum atomic E-state index is 9.33. The van der Waals surface area contributed by atoms with Crippen LogP contribution in [-0.2, 0) is 6.61 Å². The van der Waals surface area contributed by atoms with Gasteiger partial charge in [-0.15, -0.1) is 0 Å². The first-order valence-electron chi connectivity index (χ1n) is 6.47. The van der Waals surface area contributed by atoms with Gasteiger partial charge in [0, 0.05) is 36.7 Å². The molecule has 17 heavy (non-hydrogen) atoms. The number of hydrogen-bond acceptors (Lipinski definition) is 3.